The van der Waals surface area contributed by atoms with Crippen molar-refractivity contribution in [1.29, 1.82) is 0 Å². The van der Waals surface area contributed by atoms with Crippen molar-refractivity contribution in [1.82, 2.24) is 0 Å². The molecule has 14 heavy (non-hydrogen) atoms. The highest BCUT2D eigenvalue weighted by Crippen LogP contribution is 2.36. The highest BCUT2D eigenvalue weighted by atomic mass is 16.5. The minimum absolute atomic E-state index is 0.0597. The second-order valence-corrected chi connectivity index (χ2v) is 3.74. The maximum absolute atomic E-state index is 11.6. The molecule has 1 aromatic carbocycles. The van der Waals surface area contributed by atoms with Crippen LogP contribution >= 0.6 is 0 Å². The fourth-order valence-corrected chi connectivity index (χ4v) is 1.65. The Morgan fingerprint density at radius 3 is 2.93 bits per heavy atom. The van der Waals surface area contributed by atoms with Crippen molar-refractivity contribution >= 4 is 0 Å². The molecule has 0 saturated carbocycles. The quantitative estimate of drug-likeness (QED) is 0.629. The highest BCUT2D eigenvalue weighted by Gasteiger charge is 2.34. The monoisotopic (exact) mass is 188 g/mol. The van der Waals surface area contributed by atoms with Gasteiger partial charge in [0.2, 0.25) is 5.43 Å². The van der Waals surface area contributed by atoms with Crippen molar-refractivity contribution in [3.63, 3.8) is 0 Å². The third-order valence-electron chi connectivity index (χ3n) is 2.67. The Kier molecular flexibility index (Phi) is 1.92. The molecule has 0 aromatic heterocycles. The first-order valence-corrected chi connectivity index (χ1v) is 4.57. The summed E-state index contributed by atoms with van der Waals surface area (Å²) in [6, 6.07) is 7.03. The van der Waals surface area contributed by atoms with E-state index < -0.39 is 0 Å². The van der Waals surface area contributed by atoms with Gasteiger partial charge in [0.1, 0.15) is 6.61 Å². The molecular formula is C12H12O2. The molecule has 0 radical (unpaired) electrons. The SMILES string of the molecule is C=CC1(C)COc2c1ccccc2=O. The molecule has 2 heteroatoms. The molecule has 1 heterocycles. The summed E-state index contributed by atoms with van der Waals surface area (Å²) in [6.07, 6.45) is 1.83. The van der Waals surface area contributed by atoms with Crippen LogP contribution in [0.5, 0.6) is 5.75 Å². The minimum atomic E-state index is -0.229. The van der Waals surface area contributed by atoms with Crippen LogP contribution in [0.4, 0.5) is 0 Å². The van der Waals surface area contributed by atoms with Gasteiger partial charge in [0.15, 0.2) is 5.75 Å². The summed E-state index contributed by atoms with van der Waals surface area (Å²) in [5, 5.41) is 0. The number of ether oxygens (including phenoxy) is 1. The fourth-order valence-electron chi connectivity index (χ4n) is 1.65. The molecule has 0 N–H and O–H groups in total. The van der Waals surface area contributed by atoms with Crippen molar-refractivity contribution in [3.8, 4) is 5.75 Å². The summed E-state index contributed by atoms with van der Waals surface area (Å²) in [5.41, 5.74) is 0.645. The Morgan fingerprint density at radius 1 is 1.50 bits per heavy atom. The Bertz CT molecular complexity index is 437. The molecule has 2 rings (SSSR count). The van der Waals surface area contributed by atoms with Gasteiger partial charge in [-0.15, -0.1) is 6.58 Å². The molecule has 0 spiro atoms. The van der Waals surface area contributed by atoms with Crippen molar-refractivity contribution in [3.05, 3.63) is 52.7 Å². The van der Waals surface area contributed by atoms with Gasteiger partial charge in [-0.2, -0.15) is 0 Å². The maximum atomic E-state index is 11.6. The third-order valence-corrected chi connectivity index (χ3v) is 2.67. The van der Waals surface area contributed by atoms with Gasteiger partial charge >= 0.3 is 0 Å². The smallest absolute Gasteiger partial charge is 0.220 e. The minimum Gasteiger partial charge on any atom is -0.488 e. The molecule has 2 nitrogen and oxygen atoms in total. The third kappa shape index (κ3) is 1.15. The van der Waals surface area contributed by atoms with Crippen LogP contribution in [0.2, 0.25) is 0 Å². The van der Waals surface area contributed by atoms with Crippen molar-refractivity contribution < 1.29 is 4.74 Å². The Morgan fingerprint density at radius 2 is 2.21 bits per heavy atom. The zero-order valence-corrected chi connectivity index (χ0v) is 8.12. The van der Waals surface area contributed by atoms with Gasteiger partial charge in [0.05, 0.1) is 0 Å². The van der Waals surface area contributed by atoms with E-state index >= 15 is 0 Å². The van der Waals surface area contributed by atoms with Crippen LogP contribution in [0, 0.1) is 0 Å². The molecule has 1 atom stereocenters. The topological polar surface area (TPSA) is 26.3 Å². The van der Waals surface area contributed by atoms with E-state index in [0.717, 1.165) is 5.56 Å². The zero-order chi connectivity index (χ0) is 10.2. The summed E-state index contributed by atoms with van der Waals surface area (Å²) < 4.78 is 5.41. The Hall–Kier alpha value is -1.57. The molecule has 0 fully saturated rings. The summed E-state index contributed by atoms with van der Waals surface area (Å²) >= 11 is 0. The van der Waals surface area contributed by atoms with Crippen molar-refractivity contribution in [2.24, 2.45) is 0 Å². The first-order valence-electron chi connectivity index (χ1n) is 4.57. The van der Waals surface area contributed by atoms with Gasteiger partial charge in [0.25, 0.3) is 0 Å². The molecule has 1 unspecified atom stereocenters. The molecule has 0 bridgehead atoms. The number of rotatable bonds is 1. The normalized spacial score (nSPS) is 23.8. The van der Waals surface area contributed by atoms with Crippen LogP contribution < -0.4 is 10.2 Å². The molecular weight excluding hydrogens is 176 g/mol. The maximum Gasteiger partial charge on any atom is 0.220 e. The van der Waals surface area contributed by atoms with E-state index in [1.165, 1.54) is 6.07 Å². The Labute approximate surface area is 82.8 Å². The second kappa shape index (κ2) is 2.98. The van der Waals surface area contributed by atoms with Gasteiger partial charge in [-0.25, -0.2) is 0 Å². The van der Waals surface area contributed by atoms with Gasteiger partial charge in [-0.05, 0) is 13.0 Å². The predicted molar refractivity (Wildman–Crippen MR) is 55.8 cm³/mol. The van der Waals surface area contributed by atoms with Gasteiger partial charge in [-0.3, -0.25) is 4.79 Å². The predicted octanol–water partition coefficient (Wildman–Crippen LogP) is 1.88. The van der Waals surface area contributed by atoms with Gasteiger partial charge < -0.3 is 4.74 Å². The second-order valence-electron chi connectivity index (χ2n) is 3.74. The van der Waals surface area contributed by atoms with Crippen LogP contribution in [0.25, 0.3) is 0 Å². The standard InChI is InChI=1S/C12H12O2/c1-3-12(2)8-14-11-9(12)6-4-5-7-10(11)13/h3-7H,1,8H2,2H3. The summed E-state index contributed by atoms with van der Waals surface area (Å²) in [7, 11) is 0. The van der Waals surface area contributed by atoms with Crippen LogP contribution in [0.15, 0.2) is 41.7 Å². The van der Waals surface area contributed by atoms with Crippen LogP contribution in [-0.4, -0.2) is 6.61 Å². The lowest BCUT2D eigenvalue weighted by molar-refractivity contribution is 0.305. The van der Waals surface area contributed by atoms with Crippen LogP contribution in [0.1, 0.15) is 12.5 Å². The lowest BCUT2D eigenvalue weighted by Gasteiger charge is -2.15. The largest absolute Gasteiger partial charge is 0.488 e. The summed E-state index contributed by atoms with van der Waals surface area (Å²) in [5.74, 6) is 0.470. The fraction of sp³-hybridized carbons (Fsp3) is 0.250. The molecule has 0 amide bonds. The molecule has 0 saturated heterocycles. The molecule has 72 valence electrons. The lowest BCUT2D eigenvalue weighted by Crippen LogP contribution is -2.19. The van der Waals surface area contributed by atoms with Gasteiger partial charge in [0, 0.05) is 11.0 Å². The number of hydrogen-bond acceptors (Lipinski definition) is 2. The van der Waals surface area contributed by atoms with Crippen molar-refractivity contribution in [2.45, 2.75) is 12.3 Å². The van der Waals surface area contributed by atoms with Crippen molar-refractivity contribution in [2.75, 3.05) is 6.61 Å². The molecule has 1 aliphatic rings. The van der Waals surface area contributed by atoms with Crippen LogP contribution in [0.3, 0.4) is 0 Å². The average Bonchev–Trinajstić information content (AvgIpc) is 2.39. The molecule has 1 aliphatic heterocycles. The van der Waals surface area contributed by atoms with E-state index in [1.54, 1.807) is 6.07 Å². The first-order chi connectivity index (χ1) is 6.67. The zero-order valence-electron chi connectivity index (χ0n) is 8.12. The van der Waals surface area contributed by atoms with E-state index in [0.29, 0.717) is 12.4 Å². The number of hydrogen-bond donors (Lipinski definition) is 0. The Balaban J connectivity index is 2.75. The van der Waals surface area contributed by atoms with E-state index in [2.05, 4.69) is 6.58 Å². The highest BCUT2D eigenvalue weighted by molar-refractivity contribution is 5.44. The average molecular weight is 188 g/mol. The van der Waals surface area contributed by atoms with E-state index in [9.17, 15) is 4.79 Å². The van der Waals surface area contributed by atoms with Gasteiger partial charge in [-0.1, -0.05) is 24.3 Å². The van der Waals surface area contributed by atoms with E-state index in [1.807, 2.05) is 25.1 Å². The summed E-state index contributed by atoms with van der Waals surface area (Å²) in [4.78, 5) is 11.6. The first kappa shape index (κ1) is 9.00. The van der Waals surface area contributed by atoms with E-state index in [4.69, 9.17) is 4.74 Å². The molecule has 1 aromatic rings. The summed E-state index contributed by atoms with van der Waals surface area (Å²) in [6.45, 7) is 6.31. The van der Waals surface area contributed by atoms with E-state index in [-0.39, 0.29) is 10.8 Å². The number of fused-ring (bicyclic) bond motifs is 1. The molecule has 0 aliphatic carbocycles. The van der Waals surface area contributed by atoms with Crippen LogP contribution in [-0.2, 0) is 5.41 Å². The lowest BCUT2D eigenvalue weighted by atomic mass is 9.86.